The zero-order chi connectivity index (χ0) is 19.6. The Hall–Kier alpha value is -0.500. The molecule has 0 fully saturated rings. The van der Waals surface area contributed by atoms with Crippen molar-refractivity contribution in [2.45, 2.75) is 18.2 Å². The van der Waals surface area contributed by atoms with Crippen molar-refractivity contribution in [2.75, 3.05) is 26.4 Å². The fourth-order valence-corrected chi connectivity index (χ4v) is 4.15. The number of benzene rings is 2. The average molecular weight is 596 g/mol. The van der Waals surface area contributed by atoms with Crippen LogP contribution in [0.3, 0.4) is 0 Å². The maximum absolute atomic E-state index is 10.6. The molecule has 8 heteroatoms. The number of hydrogen-bond donors (Lipinski definition) is 5. The van der Waals surface area contributed by atoms with Crippen LogP contribution < -0.4 is 5.32 Å². The normalized spacial score (nSPS) is 13.6. The van der Waals surface area contributed by atoms with Crippen LogP contribution in [0, 0.1) is 7.14 Å². The van der Waals surface area contributed by atoms with Crippen LogP contribution in [-0.2, 0) is 6.54 Å². The number of hydrogen-bond acceptors (Lipinski definition) is 5. The summed E-state index contributed by atoms with van der Waals surface area (Å²) in [7, 11) is 0. The van der Waals surface area contributed by atoms with Crippen molar-refractivity contribution in [3.05, 3.63) is 43.5 Å². The molecule has 0 aliphatic heterocycles. The molecule has 1 heterocycles. The fourth-order valence-electron chi connectivity index (χ4n) is 3.17. The second-order valence-electron chi connectivity index (χ2n) is 6.72. The van der Waals surface area contributed by atoms with Crippen molar-refractivity contribution < 1.29 is 20.4 Å². The largest absolute Gasteiger partial charge is 0.394 e. The lowest BCUT2D eigenvalue weighted by molar-refractivity contribution is 0.0308. The molecule has 0 spiro atoms. The Kier molecular flexibility index (Phi) is 6.98. The molecule has 0 unspecified atom stereocenters. The number of aliphatic hydroxyl groups is 4. The highest BCUT2D eigenvalue weighted by Gasteiger charge is 2.28. The van der Waals surface area contributed by atoms with Crippen molar-refractivity contribution in [1.82, 2.24) is 9.88 Å². The van der Waals surface area contributed by atoms with Crippen LogP contribution in [0.15, 0.2) is 36.4 Å². The molecular weight excluding hydrogens is 574 g/mol. The van der Waals surface area contributed by atoms with Crippen molar-refractivity contribution in [1.29, 1.82) is 0 Å². The summed E-state index contributed by atoms with van der Waals surface area (Å²) < 4.78 is 4.39. The van der Waals surface area contributed by atoms with Gasteiger partial charge in [-0.05, 0) is 81.6 Å². The summed E-state index contributed by atoms with van der Waals surface area (Å²) in [6.07, 6.45) is -0.758. The maximum atomic E-state index is 10.6. The lowest BCUT2D eigenvalue weighted by atomic mass is 10.0. The van der Waals surface area contributed by atoms with Gasteiger partial charge in [0.05, 0.1) is 38.0 Å². The lowest BCUT2D eigenvalue weighted by Crippen LogP contribution is -2.56. The Bertz CT molecular complexity index is 873. The van der Waals surface area contributed by atoms with Crippen LogP contribution in [0.1, 0.15) is 0 Å². The van der Waals surface area contributed by atoms with Crippen molar-refractivity contribution in [3.63, 3.8) is 0 Å². The minimum atomic E-state index is -1.20. The molecule has 3 aromatic rings. The quantitative estimate of drug-likeness (QED) is 0.255. The molecule has 3 rings (SSSR count). The third-order valence-corrected chi connectivity index (χ3v) is 6.14. The molecule has 0 saturated carbocycles. The monoisotopic (exact) mass is 596 g/mol. The van der Waals surface area contributed by atoms with Crippen LogP contribution >= 0.6 is 45.2 Å². The highest BCUT2D eigenvalue weighted by molar-refractivity contribution is 14.1. The van der Waals surface area contributed by atoms with E-state index >= 15 is 0 Å². The Balaban J connectivity index is 1.92. The van der Waals surface area contributed by atoms with Crippen molar-refractivity contribution in [2.24, 2.45) is 0 Å². The minimum Gasteiger partial charge on any atom is -0.394 e. The van der Waals surface area contributed by atoms with Crippen LogP contribution in [0.5, 0.6) is 0 Å². The molecule has 6 nitrogen and oxygen atoms in total. The molecule has 0 radical (unpaired) electrons. The van der Waals surface area contributed by atoms with E-state index in [1.165, 1.54) is 0 Å². The predicted molar refractivity (Wildman–Crippen MR) is 123 cm³/mol. The number of aromatic nitrogens is 1. The highest BCUT2D eigenvalue weighted by Crippen LogP contribution is 2.31. The van der Waals surface area contributed by atoms with Crippen LogP contribution in [0.25, 0.3) is 21.8 Å². The van der Waals surface area contributed by atoms with Crippen molar-refractivity contribution >= 4 is 67.0 Å². The average Bonchev–Trinajstić information content (AvgIpc) is 2.96. The van der Waals surface area contributed by atoms with Gasteiger partial charge < -0.3 is 30.3 Å². The van der Waals surface area contributed by atoms with Gasteiger partial charge in [-0.15, -0.1) is 0 Å². The van der Waals surface area contributed by atoms with Gasteiger partial charge in [-0.1, -0.05) is 0 Å². The highest BCUT2D eigenvalue weighted by atomic mass is 127. The Morgan fingerprint density at radius 3 is 1.81 bits per heavy atom. The zero-order valence-electron chi connectivity index (χ0n) is 14.6. The van der Waals surface area contributed by atoms with Gasteiger partial charge in [0.1, 0.15) is 0 Å². The third-order valence-electron chi connectivity index (χ3n) is 4.80. The molecule has 146 valence electrons. The summed E-state index contributed by atoms with van der Waals surface area (Å²) >= 11 is 4.59. The van der Waals surface area contributed by atoms with Gasteiger partial charge in [0.2, 0.25) is 0 Å². The van der Waals surface area contributed by atoms with Crippen LogP contribution in [0.4, 0.5) is 0 Å². The number of β-amino-alcohol motifs (C(OH)–C–C–N with tert-alkyl or cyclic N) is 1. The number of aliphatic hydroxyl groups excluding tert-OH is 4. The van der Waals surface area contributed by atoms with E-state index in [0.717, 1.165) is 28.9 Å². The molecule has 1 aromatic heterocycles. The van der Waals surface area contributed by atoms with E-state index in [9.17, 15) is 20.4 Å². The number of nitrogens with one attached hydrogen (secondary N) is 1. The number of halogens is 2. The molecule has 2 aromatic carbocycles. The van der Waals surface area contributed by atoms with Gasteiger partial charge in [0, 0.05) is 35.5 Å². The van der Waals surface area contributed by atoms with E-state index < -0.39 is 31.5 Å². The predicted octanol–water partition coefficient (Wildman–Crippen LogP) is 1.67. The fraction of sp³-hybridized carbons (Fsp3) is 0.368. The summed E-state index contributed by atoms with van der Waals surface area (Å²) in [6, 6.07) is 12.5. The number of fused-ring (bicyclic) bond motifs is 3. The first-order chi connectivity index (χ1) is 12.9. The second kappa shape index (κ2) is 8.89. The van der Waals surface area contributed by atoms with E-state index in [-0.39, 0.29) is 6.54 Å². The standard InChI is InChI=1S/C19H22I2N2O4/c20-12-1-3-17-15(5-12)16-6-13(21)2-4-18(16)23(17)8-14(27)7-22-19(9-24,10-25)11-26/h1-6,14,22,24-27H,7-11H2/t14-/m0/s1. The van der Waals surface area contributed by atoms with E-state index in [1.54, 1.807) is 0 Å². The minimum absolute atomic E-state index is 0.136. The van der Waals surface area contributed by atoms with Crippen LogP contribution in [0.2, 0.25) is 0 Å². The molecule has 0 bridgehead atoms. The topological polar surface area (TPSA) is 97.9 Å². The van der Waals surface area contributed by atoms with E-state index in [0.29, 0.717) is 6.54 Å². The molecule has 1 atom stereocenters. The van der Waals surface area contributed by atoms with E-state index in [1.807, 2.05) is 12.1 Å². The van der Waals surface area contributed by atoms with Gasteiger partial charge in [0.25, 0.3) is 0 Å². The summed E-state index contributed by atoms with van der Waals surface area (Å²) in [5.41, 5.74) is 0.891. The zero-order valence-corrected chi connectivity index (χ0v) is 18.9. The van der Waals surface area contributed by atoms with E-state index in [2.05, 4.69) is 79.3 Å². The van der Waals surface area contributed by atoms with Crippen molar-refractivity contribution in [3.8, 4) is 0 Å². The molecule has 0 aliphatic rings. The molecule has 0 saturated heterocycles. The van der Waals surface area contributed by atoms with Gasteiger partial charge in [0.15, 0.2) is 0 Å². The van der Waals surface area contributed by atoms with Gasteiger partial charge in [-0.2, -0.15) is 0 Å². The Morgan fingerprint density at radius 1 is 0.889 bits per heavy atom. The smallest absolute Gasteiger partial charge is 0.0882 e. The molecule has 27 heavy (non-hydrogen) atoms. The van der Waals surface area contributed by atoms with Crippen LogP contribution in [-0.4, -0.2) is 63.0 Å². The van der Waals surface area contributed by atoms with Gasteiger partial charge >= 0.3 is 0 Å². The lowest BCUT2D eigenvalue weighted by Gasteiger charge is -2.30. The Morgan fingerprint density at radius 2 is 1.37 bits per heavy atom. The number of rotatable bonds is 8. The summed E-state index contributed by atoms with van der Waals surface area (Å²) in [5.74, 6) is 0. The first-order valence-electron chi connectivity index (χ1n) is 8.56. The summed E-state index contributed by atoms with van der Waals surface area (Å²) in [5, 5.41) is 44.0. The molecule has 0 amide bonds. The molecular formula is C19H22I2N2O4. The second-order valence-corrected chi connectivity index (χ2v) is 9.21. The van der Waals surface area contributed by atoms with Gasteiger partial charge in [-0.25, -0.2) is 0 Å². The third kappa shape index (κ3) is 4.41. The Labute approximate surface area is 184 Å². The maximum Gasteiger partial charge on any atom is 0.0882 e. The first kappa shape index (κ1) is 21.2. The molecule has 5 N–H and O–H groups in total. The summed E-state index contributed by atoms with van der Waals surface area (Å²) in [6.45, 7) is -0.763. The molecule has 0 aliphatic carbocycles. The SMILES string of the molecule is OCC(CO)(CO)NC[C@H](O)Cn1c2ccc(I)cc2c2cc(I)ccc21. The van der Waals surface area contributed by atoms with E-state index in [4.69, 9.17) is 0 Å². The summed E-state index contributed by atoms with van der Waals surface area (Å²) in [4.78, 5) is 0. The van der Waals surface area contributed by atoms with Gasteiger partial charge in [-0.3, -0.25) is 0 Å². The number of nitrogens with zero attached hydrogens (tertiary/aromatic N) is 1. The first-order valence-corrected chi connectivity index (χ1v) is 10.7.